The minimum atomic E-state index is -0.836. The fourth-order valence-electron chi connectivity index (χ4n) is 1.92. The van der Waals surface area contributed by atoms with Crippen LogP contribution in [-0.2, 0) is 11.3 Å². The van der Waals surface area contributed by atoms with E-state index in [2.05, 4.69) is 15.9 Å². The predicted molar refractivity (Wildman–Crippen MR) is 75.6 cm³/mol. The van der Waals surface area contributed by atoms with Crippen LogP contribution in [0.5, 0.6) is 0 Å². The fourth-order valence-corrected chi connectivity index (χ4v) is 2.30. The topological polar surface area (TPSA) is 42.2 Å². The number of aromatic nitrogens is 1. The number of aliphatic carboxylic acids is 1. The first kappa shape index (κ1) is 12.9. The van der Waals surface area contributed by atoms with Crippen molar-refractivity contribution >= 4 is 32.8 Å². The van der Waals surface area contributed by atoms with Gasteiger partial charge in [-0.3, -0.25) is 0 Å². The van der Waals surface area contributed by atoms with Gasteiger partial charge in [-0.2, -0.15) is 0 Å². The molecule has 2 aromatic rings. The van der Waals surface area contributed by atoms with E-state index in [4.69, 9.17) is 5.11 Å². The quantitative estimate of drug-likeness (QED) is 0.872. The summed E-state index contributed by atoms with van der Waals surface area (Å²) in [6, 6.07) is 8.09. The lowest BCUT2D eigenvalue weighted by molar-refractivity contribution is -0.132. The average molecular weight is 308 g/mol. The van der Waals surface area contributed by atoms with Crippen LogP contribution in [0.4, 0.5) is 0 Å². The SMILES string of the molecule is CCC(=CCn1ccc2cc(Br)ccc21)C(=O)O. The Morgan fingerprint density at radius 3 is 2.89 bits per heavy atom. The fraction of sp³-hybridized carbons (Fsp3) is 0.214. The Balaban J connectivity index is 2.30. The molecule has 4 heteroatoms. The Kier molecular flexibility index (Phi) is 3.87. The van der Waals surface area contributed by atoms with E-state index in [9.17, 15) is 4.79 Å². The zero-order valence-electron chi connectivity index (χ0n) is 10.1. The van der Waals surface area contributed by atoms with Gasteiger partial charge in [0.2, 0.25) is 0 Å². The highest BCUT2D eigenvalue weighted by Crippen LogP contribution is 2.21. The number of carboxylic acids is 1. The highest BCUT2D eigenvalue weighted by molar-refractivity contribution is 9.10. The van der Waals surface area contributed by atoms with Crippen LogP contribution in [0.1, 0.15) is 13.3 Å². The highest BCUT2D eigenvalue weighted by atomic mass is 79.9. The summed E-state index contributed by atoms with van der Waals surface area (Å²) in [5.41, 5.74) is 1.56. The van der Waals surface area contributed by atoms with Gasteiger partial charge in [0, 0.05) is 33.7 Å². The molecule has 0 radical (unpaired) electrons. The molecule has 0 atom stereocenters. The molecule has 18 heavy (non-hydrogen) atoms. The van der Waals surface area contributed by atoms with Crippen LogP contribution < -0.4 is 0 Å². The Morgan fingerprint density at radius 2 is 2.22 bits per heavy atom. The Bertz CT molecular complexity index is 613. The number of benzene rings is 1. The summed E-state index contributed by atoms with van der Waals surface area (Å²) in [6.07, 6.45) is 4.28. The van der Waals surface area contributed by atoms with Crippen molar-refractivity contribution in [3.05, 3.63) is 46.6 Å². The maximum Gasteiger partial charge on any atom is 0.331 e. The summed E-state index contributed by atoms with van der Waals surface area (Å²) >= 11 is 3.44. The van der Waals surface area contributed by atoms with Gasteiger partial charge >= 0.3 is 5.97 Å². The predicted octanol–water partition coefficient (Wildman–Crippen LogP) is 3.82. The van der Waals surface area contributed by atoms with Crippen LogP contribution in [0.15, 0.2) is 46.6 Å². The number of rotatable bonds is 4. The summed E-state index contributed by atoms with van der Waals surface area (Å²) in [5.74, 6) is -0.836. The van der Waals surface area contributed by atoms with E-state index in [1.165, 1.54) is 0 Å². The molecular weight excluding hydrogens is 294 g/mol. The van der Waals surface area contributed by atoms with E-state index in [0.717, 1.165) is 15.4 Å². The summed E-state index contributed by atoms with van der Waals surface area (Å²) < 4.78 is 3.09. The molecule has 1 aromatic carbocycles. The molecule has 1 heterocycles. The number of hydrogen-bond acceptors (Lipinski definition) is 1. The van der Waals surface area contributed by atoms with Crippen molar-refractivity contribution in [3.8, 4) is 0 Å². The summed E-state index contributed by atoms with van der Waals surface area (Å²) in [6.45, 7) is 2.44. The Hall–Kier alpha value is -1.55. The molecule has 0 amide bonds. The van der Waals surface area contributed by atoms with Gasteiger partial charge in [-0.25, -0.2) is 4.79 Å². The maximum atomic E-state index is 10.9. The van der Waals surface area contributed by atoms with Gasteiger partial charge in [-0.1, -0.05) is 28.9 Å². The zero-order chi connectivity index (χ0) is 13.1. The smallest absolute Gasteiger partial charge is 0.331 e. The van der Waals surface area contributed by atoms with E-state index < -0.39 is 5.97 Å². The molecule has 0 aliphatic rings. The molecule has 0 aliphatic carbocycles. The Labute approximate surface area is 114 Å². The minimum absolute atomic E-state index is 0.453. The summed E-state index contributed by atoms with van der Waals surface area (Å²) in [5, 5.41) is 10.1. The molecule has 94 valence electrons. The lowest BCUT2D eigenvalue weighted by Crippen LogP contribution is -2.02. The molecular formula is C14H14BrNO2. The molecule has 1 N–H and O–H groups in total. The number of nitrogens with zero attached hydrogens (tertiary/aromatic N) is 1. The van der Waals surface area contributed by atoms with Crippen molar-refractivity contribution in [1.29, 1.82) is 0 Å². The molecule has 0 bridgehead atoms. The normalized spacial score (nSPS) is 12.0. The molecule has 0 spiro atoms. The van der Waals surface area contributed by atoms with Gasteiger partial charge in [0.1, 0.15) is 0 Å². The lowest BCUT2D eigenvalue weighted by atomic mass is 10.2. The van der Waals surface area contributed by atoms with Crippen molar-refractivity contribution in [1.82, 2.24) is 4.57 Å². The molecule has 1 aromatic heterocycles. The van der Waals surface area contributed by atoms with E-state index in [1.54, 1.807) is 6.08 Å². The molecule has 3 nitrogen and oxygen atoms in total. The number of allylic oxidation sites excluding steroid dienone is 1. The third kappa shape index (κ3) is 2.64. The van der Waals surface area contributed by atoms with Crippen LogP contribution in [0.2, 0.25) is 0 Å². The van der Waals surface area contributed by atoms with Crippen molar-refractivity contribution < 1.29 is 9.90 Å². The van der Waals surface area contributed by atoms with Crippen molar-refractivity contribution in [2.75, 3.05) is 0 Å². The van der Waals surface area contributed by atoms with Crippen molar-refractivity contribution in [2.45, 2.75) is 19.9 Å². The molecule has 2 rings (SSSR count). The van der Waals surface area contributed by atoms with Gasteiger partial charge < -0.3 is 9.67 Å². The third-order valence-electron chi connectivity index (χ3n) is 2.92. The van der Waals surface area contributed by atoms with Crippen LogP contribution in [0.3, 0.4) is 0 Å². The first-order valence-corrected chi connectivity index (χ1v) is 6.58. The van der Waals surface area contributed by atoms with Crippen molar-refractivity contribution in [2.24, 2.45) is 0 Å². The summed E-state index contributed by atoms with van der Waals surface area (Å²) in [7, 11) is 0. The van der Waals surface area contributed by atoms with Gasteiger partial charge in [-0.05, 0) is 30.7 Å². The van der Waals surface area contributed by atoms with Crippen LogP contribution in [-0.4, -0.2) is 15.6 Å². The Morgan fingerprint density at radius 1 is 1.44 bits per heavy atom. The van der Waals surface area contributed by atoms with E-state index in [-0.39, 0.29) is 0 Å². The number of halogens is 1. The van der Waals surface area contributed by atoms with E-state index in [0.29, 0.717) is 18.5 Å². The number of carboxylic acid groups (broad SMARTS) is 1. The second-order valence-electron chi connectivity index (χ2n) is 4.06. The monoisotopic (exact) mass is 307 g/mol. The molecule has 0 saturated heterocycles. The maximum absolute atomic E-state index is 10.9. The zero-order valence-corrected chi connectivity index (χ0v) is 11.6. The van der Waals surface area contributed by atoms with Gasteiger partial charge in [0.25, 0.3) is 0 Å². The van der Waals surface area contributed by atoms with Crippen LogP contribution >= 0.6 is 15.9 Å². The molecule has 0 fully saturated rings. The third-order valence-corrected chi connectivity index (χ3v) is 3.42. The summed E-state index contributed by atoms with van der Waals surface area (Å²) in [4.78, 5) is 10.9. The van der Waals surface area contributed by atoms with Crippen LogP contribution in [0, 0.1) is 0 Å². The second kappa shape index (κ2) is 5.40. The van der Waals surface area contributed by atoms with Gasteiger partial charge in [0.05, 0.1) is 0 Å². The van der Waals surface area contributed by atoms with E-state index >= 15 is 0 Å². The van der Waals surface area contributed by atoms with Gasteiger partial charge in [-0.15, -0.1) is 0 Å². The second-order valence-corrected chi connectivity index (χ2v) is 4.97. The average Bonchev–Trinajstić information content (AvgIpc) is 2.72. The first-order valence-electron chi connectivity index (χ1n) is 5.78. The number of hydrogen-bond donors (Lipinski definition) is 1. The molecule has 0 unspecified atom stereocenters. The minimum Gasteiger partial charge on any atom is -0.478 e. The van der Waals surface area contributed by atoms with Gasteiger partial charge in [0.15, 0.2) is 0 Å². The number of fused-ring (bicyclic) bond motifs is 1. The lowest BCUT2D eigenvalue weighted by Gasteiger charge is -2.03. The highest BCUT2D eigenvalue weighted by Gasteiger charge is 2.04. The number of carbonyl (C=O) groups is 1. The van der Waals surface area contributed by atoms with Crippen molar-refractivity contribution in [3.63, 3.8) is 0 Å². The van der Waals surface area contributed by atoms with E-state index in [1.807, 2.05) is 42.0 Å². The molecule has 0 saturated carbocycles. The largest absolute Gasteiger partial charge is 0.478 e. The first-order chi connectivity index (χ1) is 8.61. The standard InChI is InChI=1S/C14H14BrNO2/c1-2-10(14(17)18)5-7-16-8-6-11-9-12(15)3-4-13(11)16/h3-6,8-9H,2,7H2,1H3,(H,17,18). The molecule has 0 aliphatic heterocycles. The van der Waals surface area contributed by atoms with Crippen LogP contribution in [0.25, 0.3) is 10.9 Å².